The molecule has 0 saturated carbocycles. The van der Waals surface area contributed by atoms with Gasteiger partial charge in [0.25, 0.3) is 0 Å². The molecule has 0 radical (unpaired) electrons. The number of thiophene rings is 1. The smallest absolute Gasteiger partial charge is 0.175 e. The minimum Gasteiger partial charge on any atom is -0.396 e. The summed E-state index contributed by atoms with van der Waals surface area (Å²) in [6, 6.07) is 5.27. The maximum absolute atomic E-state index is 6.10. The van der Waals surface area contributed by atoms with Crippen LogP contribution in [-0.2, 0) is 0 Å². The second kappa shape index (κ2) is 5.32. The molecule has 94 valence electrons. The number of nitrogen functional groups attached to an aromatic ring is 1. The molecule has 0 aliphatic rings. The number of para-hydroxylation sites is 1. The van der Waals surface area contributed by atoms with E-state index in [2.05, 4.69) is 0 Å². The Morgan fingerprint density at radius 1 is 1.17 bits per heavy atom. The van der Waals surface area contributed by atoms with E-state index >= 15 is 0 Å². The van der Waals surface area contributed by atoms with E-state index in [1.54, 1.807) is 28.5 Å². The summed E-state index contributed by atoms with van der Waals surface area (Å²) < 4.78 is 0. The summed E-state index contributed by atoms with van der Waals surface area (Å²) in [5.41, 5.74) is 13.4. The number of nitrogens with two attached hydrogens (primary N) is 2. The molecule has 0 amide bonds. The van der Waals surface area contributed by atoms with Gasteiger partial charge in [0.05, 0.1) is 27.1 Å². The molecule has 1 aromatic heterocycles. The molecule has 2 aromatic rings. The van der Waals surface area contributed by atoms with Crippen LogP contribution in [0.4, 0.5) is 17.1 Å². The molecule has 0 spiro atoms. The molecule has 1 aromatic carbocycles. The topological polar surface area (TPSA) is 55.3 Å². The zero-order chi connectivity index (χ0) is 13.3. The first-order chi connectivity index (χ1) is 8.52. The summed E-state index contributed by atoms with van der Waals surface area (Å²) in [6.07, 6.45) is 0. The van der Waals surface area contributed by atoms with Gasteiger partial charge >= 0.3 is 0 Å². The number of benzene rings is 1. The molecule has 3 nitrogen and oxygen atoms in total. The first-order valence-electron chi connectivity index (χ1n) is 4.87. The number of halogens is 2. The van der Waals surface area contributed by atoms with E-state index < -0.39 is 0 Å². The van der Waals surface area contributed by atoms with Crippen molar-refractivity contribution < 1.29 is 0 Å². The van der Waals surface area contributed by atoms with Crippen LogP contribution in [0, 0.1) is 0 Å². The van der Waals surface area contributed by atoms with Crippen molar-refractivity contribution in [3.8, 4) is 0 Å². The minimum absolute atomic E-state index is 0.157. The Balaban J connectivity index is 2.59. The largest absolute Gasteiger partial charge is 0.396 e. The fourth-order valence-corrected chi connectivity index (χ4v) is 2.92. The van der Waals surface area contributed by atoms with E-state index in [0.717, 1.165) is 0 Å². The Hall–Kier alpha value is -1.01. The lowest BCUT2D eigenvalue weighted by atomic mass is 10.2. The number of nitrogens with zero attached hydrogens (tertiary/aromatic N) is 1. The van der Waals surface area contributed by atoms with Crippen LogP contribution in [0.1, 0.15) is 0 Å². The van der Waals surface area contributed by atoms with E-state index in [1.165, 1.54) is 11.3 Å². The number of thiocarbonyl (C=S) groups is 1. The number of hydrogen-bond acceptors (Lipinski definition) is 3. The highest BCUT2D eigenvalue weighted by Gasteiger charge is 2.19. The molecule has 0 bridgehead atoms. The molecular weight excluding hydrogens is 309 g/mol. The summed E-state index contributed by atoms with van der Waals surface area (Å²) in [5, 5.41) is 4.81. The highest BCUT2D eigenvalue weighted by atomic mass is 35.5. The van der Waals surface area contributed by atoms with Crippen molar-refractivity contribution in [2.75, 3.05) is 10.6 Å². The van der Waals surface area contributed by atoms with Crippen LogP contribution in [0.25, 0.3) is 0 Å². The van der Waals surface area contributed by atoms with Crippen LogP contribution in [0.15, 0.2) is 29.0 Å². The zero-order valence-electron chi connectivity index (χ0n) is 9.06. The second-order valence-electron chi connectivity index (χ2n) is 3.45. The normalized spacial score (nSPS) is 10.3. The Morgan fingerprint density at radius 2 is 1.89 bits per heavy atom. The molecule has 0 fully saturated rings. The third kappa shape index (κ3) is 2.40. The Labute approximate surface area is 124 Å². The summed E-state index contributed by atoms with van der Waals surface area (Å²) in [7, 11) is 0. The quantitative estimate of drug-likeness (QED) is 0.649. The standard InChI is InChI=1S/C11H9Cl2N3S2/c12-6-2-1-3-8(10(6)14)16(11(15)17)9-5-18-4-7(9)13/h1-5H,14H2,(H2,15,17). The van der Waals surface area contributed by atoms with E-state index in [-0.39, 0.29) is 5.11 Å². The molecule has 0 aliphatic heterocycles. The fourth-order valence-electron chi connectivity index (χ4n) is 1.52. The third-order valence-corrected chi connectivity index (χ3v) is 4.00. The molecular formula is C11H9Cl2N3S2. The summed E-state index contributed by atoms with van der Waals surface area (Å²) in [4.78, 5) is 1.61. The van der Waals surface area contributed by atoms with Gasteiger partial charge in [0, 0.05) is 10.8 Å². The van der Waals surface area contributed by atoms with Crippen molar-refractivity contribution in [1.29, 1.82) is 0 Å². The molecule has 1 heterocycles. The van der Waals surface area contributed by atoms with E-state index in [4.69, 9.17) is 46.9 Å². The van der Waals surface area contributed by atoms with Crippen LogP contribution in [0.5, 0.6) is 0 Å². The third-order valence-electron chi connectivity index (χ3n) is 2.33. The molecule has 4 N–H and O–H groups in total. The highest BCUT2D eigenvalue weighted by molar-refractivity contribution is 7.80. The molecule has 7 heteroatoms. The van der Waals surface area contributed by atoms with Crippen molar-refractivity contribution in [2.45, 2.75) is 0 Å². The van der Waals surface area contributed by atoms with Crippen LogP contribution in [0.2, 0.25) is 10.0 Å². The first-order valence-corrected chi connectivity index (χ1v) is 6.98. The van der Waals surface area contributed by atoms with Gasteiger partial charge in [-0.15, -0.1) is 11.3 Å². The van der Waals surface area contributed by atoms with Crippen molar-refractivity contribution in [1.82, 2.24) is 0 Å². The first kappa shape index (κ1) is 13.4. The van der Waals surface area contributed by atoms with Gasteiger partial charge in [0.1, 0.15) is 0 Å². The predicted molar refractivity (Wildman–Crippen MR) is 84.1 cm³/mol. The minimum atomic E-state index is 0.157. The Bertz CT molecular complexity index is 598. The summed E-state index contributed by atoms with van der Waals surface area (Å²) in [6.45, 7) is 0. The molecule has 0 saturated heterocycles. The Kier molecular flexibility index (Phi) is 3.97. The summed E-state index contributed by atoms with van der Waals surface area (Å²) in [5.74, 6) is 0. The van der Waals surface area contributed by atoms with Crippen molar-refractivity contribution in [3.63, 3.8) is 0 Å². The number of anilines is 3. The van der Waals surface area contributed by atoms with Gasteiger partial charge in [0.2, 0.25) is 0 Å². The number of hydrogen-bond donors (Lipinski definition) is 2. The monoisotopic (exact) mass is 317 g/mol. The summed E-state index contributed by atoms with van der Waals surface area (Å²) >= 11 is 18.6. The fraction of sp³-hybridized carbons (Fsp3) is 0. The lowest BCUT2D eigenvalue weighted by molar-refractivity contribution is 1.36. The Morgan fingerprint density at radius 3 is 2.44 bits per heavy atom. The van der Waals surface area contributed by atoms with Gasteiger partial charge in [-0.2, -0.15) is 0 Å². The van der Waals surface area contributed by atoms with Gasteiger partial charge in [-0.1, -0.05) is 29.3 Å². The molecule has 2 rings (SSSR count). The maximum Gasteiger partial charge on any atom is 0.175 e. The van der Waals surface area contributed by atoms with Crippen LogP contribution < -0.4 is 16.4 Å². The molecule has 0 unspecified atom stereocenters. The van der Waals surface area contributed by atoms with Gasteiger partial charge < -0.3 is 11.5 Å². The molecule has 0 atom stereocenters. The maximum atomic E-state index is 6.10. The van der Waals surface area contributed by atoms with Crippen molar-refractivity contribution in [3.05, 3.63) is 39.0 Å². The molecule has 18 heavy (non-hydrogen) atoms. The SMILES string of the molecule is NC(=S)N(c1cscc1Cl)c1cccc(Cl)c1N. The zero-order valence-corrected chi connectivity index (χ0v) is 12.2. The van der Waals surface area contributed by atoms with Gasteiger partial charge in [0.15, 0.2) is 5.11 Å². The average Bonchev–Trinajstić information content (AvgIpc) is 2.71. The van der Waals surface area contributed by atoms with Crippen LogP contribution >= 0.6 is 46.8 Å². The van der Waals surface area contributed by atoms with Gasteiger partial charge in [-0.25, -0.2) is 0 Å². The van der Waals surface area contributed by atoms with Crippen LogP contribution in [-0.4, -0.2) is 5.11 Å². The molecule has 0 aliphatic carbocycles. The van der Waals surface area contributed by atoms with E-state index in [1.807, 2.05) is 5.38 Å². The van der Waals surface area contributed by atoms with Gasteiger partial charge in [-0.05, 0) is 24.4 Å². The van der Waals surface area contributed by atoms with Crippen LogP contribution in [0.3, 0.4) is 0 Å². The van der Waals surface area contributed by atoms with Crippen molar-refractivity contribution >= 4 is 68.9 Å². The van der Waals surface area contributed by atoms with E-state index in [0.29, 0.717) is 27.1 Å². The number of rotatable bonds is 2. The average molecular weight is 318 g/mol. The van der Waals surface area contributed by atoms with Gasteiger partial charge in [-0.3, -0.25) is 4.90 Å². The highest BCUT2D eigenvalue weighted by Crippen LogP contribution is 2.39. The van der Waals surface area contributed by atoms with Crippen molar-refractivity contribution in [2.24, 2.45) is 5.73 Å². The second-order valence-corrected chi connectivity index (χ2v) is 5.43. The predicted octanol–water partition coefficient (Wildman–Crippen LogP) is 4.02. The lowest BCUT2D eigenvalue weighted by Gasteiger charge is -2.24. The van der Waals surface area contributed by atoms with E-state index in [9.17, 15) is 0 Å². The lowest BCUT2D eigenvalue weighted by Crippen LogP contribution is -2.31.